The Hall–Kier alpha value is -3.44. The lowest BCUT2D eigenvalue weighted by Crippen LogP contribution is -2.48. The lowest BCUT2D eigenvalue weighted by molar-refractivity contribution is -0.133. The molecule has 1 saturated carbocycles. The fourth-order valence-corrected chi connectivity index (χ4v) is 5.07. The summed E-state index contributed by atoms with van der Waals surface area (Å²) in [6, 6.07) is 28.0. The van der Waals surface area contributed by atoms with Crippen LogP contribution >= 0.6 is 0 Å². The van der Waals surface area contributed by atoms with E-state index in [0.29, 0.717) is 26.3 Å². The molecule has 3 aromatic rings. The number of fused-ring (bicyclic) bond motifs is 3. The highest BCUT2D eigenvalue weighted by atomic mass is 16.5. The van der Waals surface area contributed by atoms with Crippen molar-refractivity contribution in [3.8, 4) is 0 Å². The first-order valence-electron chi connectivity index (χ1n) is 12.0. The van der Waals surface area contributed by atoms with Crippen LogP contribution in [0.2, 0.25) is 0 Å². The molecule has 0 bridgehead atoms. The smallest absolute Gasteiger partial charge is 0.242 e. The van der Waals surface area contributed by atoms with Gasteiger partial charge in [-0.2, -0.15) is 0 Å². The third-order valence-corrected chi connectivity index (χ3v) is 7.06. The van der Waals surface area contributed by atoms with Gasteiger partial charge in [0.15, 0.2) is 0 Å². The average Bonchev–Trinajstić information content (AvgIpc) is 3.62. The SMILES string of the molecule is CCN(Cc1ccccc1)C(=O)CN1C(=O)[C@@]2(COCc3ccccc3)C[C@H]2c2ccccc21. The van der Waals surface area contributed by atoms with Crippen molar-refractivity contribution in [2.45, 2.75) is 32.4 Å². The van der Waals surface area contributed by atoms with Crippen molar-refractivity contribution >= 4 is 17.5 Å². The van der Waals surface area contributed by atoms with Gasteiger partial charge in [-0.1, -0.05) is 78.9 Å². The van der Waals surface area contributed by atoms with E-state index >= 15 is 0 Å². The Labute approximate surface area is 201 Å². The molecule has 2 aliphatic rings. The van der Waals surface area contributed by atoms with Crippen LogP contribution in [-0.4, -0.2) is 36.4 Å². The van der Waals surface area contributed by atoms with Gasteiger partial charge in [0.1, 0.15) is 6.54 Å². The first-order valence-corrected chi connectivity index (χ1v) is 12.0. The van der Waals surface area contributed by atoms with Gasteiger partial charge in [-0.15, -0.1) is 0 Å². The van der Waals surface area contributed by atoms with Gasteiger partial charge in [0.2, 0.25) is 11.8 Å². The van der Waals surface area contributed by atoms with E-state index in [1.165, 1.54) is 0 Å². The van der Waals surface area contributed by atoms with E-state index in [0.717, 1.165) is 28.8 Å². The highest BCUT2D eigenvalue weighted by molar-refractivity contribution is 6.07. The number of hydrogen-bond donors (Lipinski definition) is 0. The van der Waals surface area contributed by atoms with Crippen molar-refractivity contribution < 1.29 is 14.3 Å². The fourth-order valence-electron chi connectivity index (χ4n) is 5.07. The Morgan fingerprint density at radius 3 is 2.32 bits per heavy atom. The van der Waals surface area contributed by atoms with Crippen LogP contribution in [0.5, 0.6) is 0 Å². The van der Waals surface area contributed by atoms with Crippen molar-refractivity contribution in [1.29, 1.82) is 0 Å². The average molecular weight is 455 g/mol. The van der Waals surface area contributed by atoms with Crippen LogP contribution in [-0.2, 0) is 27.5 Å². The monoisotopic (exact) mass is 454 g/mol. The summed E-state index contributed by atoms with van der Waals surface area (Å²) in [5.41, 5.74) is 3.60. The highest BCUT2D eigenvalue weighted by Gasteiger charge is 2.65. The molecule has 0 saturated heterocycles. The predicted octanol–water partition coefficient (Wildman–Crippen LogP) is 4.77. The second-order valence-corrected chi connectivity index (χ2v) is 9.23. The van der Waals surface area contributed by atoms with E-state index < -0.39 is 5.41 Å². The number of hydrogen-bond acceptors (Lipinski definition) is 3. The summed E-state index contributed by atoms with van der Waals surface area (Å²) in [6.07, 6.45) is 0.768. The van der Waals surface area contributed by atoms with Crippen molar-refractivity contribution in [1.82, 2.24) is 4.90 Å². The molecule has 1 fully saturated rings. The molecule has 5 heteroatoms. The number of rotatable bonds is 9. The summed E-state index contributed by atoms with van der Waals surface area (Å²) in [7, 11) is 0. The Bertz CT molecular complexity index is 1160. The number of amides is 2. The summed E-state index contributed by atoms with van der Waals surface area (Å²) in [4.78, 5) is 30.6. The second kappa shape index (κ2) is 9.43. The number of carbonyl (C=O) groups is 2. The van der Waals surface area contributed by atoms with Crippen molar-refractivity contribution in [2.24, 2.45) is 5.41 Å². The Balaban J connectivity index is 1.33. The molecule has 0 radical (unpaired) electrons. The van der Waals surface area contributed by atoms with Crippen LogP contribution in [0.25, 0.3) is 0 Å². The van der Waals surface area contributed by atoms with Crippen molar-refractivity contribution in [2.75, 3.05) is 24.6 Å². The number of likely N-dealkylation sites (N-methyl/N-ethyl adjacent to an activating group) is 1. The molecule has 0 N–H and O–H groups in total. The molecule has 2 atom stereocenters. The quantitative estimate of drug-likeness (QED) is 0.468. The predicted molar refractivity (Wildman–Crippen MR) is 132 cm³/mol. The zero-order chi connectivity index (χ0) is 23.5. The topological polar surface area (TPSA) is 49.9 Å². The van der Waals surface area contributed by atoms with Crippen LogP contribution in [0.1, 0.15) is 36.0 Å². The largest absolute Gasteiger partial charge is 0.376 e. The molecule has 34 heavy (non-hydrogen) atoms. The minimum atomic E-state index is -0.570. The molecule has 1 aliphatic carbocycles. The number of anilines is 1. The Morgan fingerprint density at radius 1 is 0.971 bits per heavy atom. The molecular weight excluding hydrogens is 424 g/mol. The van der Waals surface area contributed by atoms with Crippen LogP contribution < -0.4 is 4.90 Å². The molecule has 0 spiro atoms. The van der Waals surface area contributed by atoms with Crippen LogP contribution in [0.3, 0.4) is 0 Å². The van der Waals surface area contributed by atoms with E-state index in [1.54, 1.807) is 4.90 Å². The van der Waals surface area contributed by atoms with Crippen LogP contribution in [0.15, 0.2) is 84.9 Å². The summed E-state index contributed by atoms with van der Waals surface area (Å²) >= 11 is 0. The van der Waals surface area contributed by atoms with Crippen LogP contribution in [0.4, 0.5) is 5.69 Å². The van der Waals surface area contributed by atoms with Gasteiger partial charge in [0, 0.05) is 24.7 Å². The number of ether oxygens (including phenoxy) is 1. The zero-order valence-corrected chi connectivity index (χ0v) is 19.5. The number of benzene rings is 3. The van der Waals surface area contributed by atoms with E-state index in [4.69, 9.17) is 4.74 Å². The van der Waals surface area contributed by atoms with Crippen molar-refractivity contribution in [3.05, 3.63) is 102 Å². The van der Waals surface area contributed by atoms with Gasteiger partial charge < -0.3 is 14.5 Å². The third kappa shape index (κ3) is 4.24. The maximum absolute atomic E-state index is 13.8. The first-order chi connectivity index (χ1) is 16.6. The highest BCUT2D eigenvalue weighted by Crippen LogP contribution is 2.65. The maximum atomic E-state index is 13.8. The van der Waals surface area contributed by atoms with E-state index in [9.17, 15) is 9.59 Å². The normalized spacial score (nSPS) is 20.4. The van der Waals surface area contributed by atoms with Crippen molar-refractivity contribution in [3.63, 3.8) is 0 Å². The van der Waals surface area contributed by atoms with Crippen LogP contribution in [0, 0.1) is 5.41 Å². The molecule has 0 aromatic heterocycles. The summed E-state index contributed by atoms with van der Waals surface area (Å²) in [5, 5.41) is 0. The molecule has 1 heterocycles. The Morgan fingerprint density at radius 2 is 1.62 bits per heavy atom. The molecule has 0 unspecified atom stereocenters. The summed E-state index contributed by atoms with van der Waals surface area (Å²) < 4.78 is 6.05. The zero-order valence-electron chi connectivity index (χ0n) is 19.5. The molecule has 5 rings (SSSR count). The third-order valence-electron chi connectivity index (χ3n) is 7.06. The molecule has 174 valence electrons. The molecule has 3 aromatic carbocycles. The second-order valence-electron chi connectivity index (χ2n) is 9.23. The van der Waals surface area contributed by atoms with Gasteiger partial charge in [-0.3, -0.25) is 9.59 Å². The number of para-hydroxylation sites is 1. The molecule has 5 nitrogen and oxygen atoms in total. The number of nitrogens with zero attached hydrogens (tertiary/aromatic N) is 2. The number of carbonyl (C=O) groups excluding carboxylic acids is 2. The van der Waals surface area contributed by atoms with Gasteiger partial charge >= 0.3 is 0 Å². The summed E-state index contributed by atoms with van der Waals surface area (Å²) in [5.74, 6) is 0.118. The minimum Gasteiger partial charge on any atom is -0.376 e. The van der Waals surface area contributed by atoms with E-state index in [2.05, 4.69) is 6.07 Å². The minimum absolute atomic E-state index is 0.00776. The lowest BCUT2D eigenvalue weighted by atomic mass is 9.92. The van der Waals surface area contributed by atoms with Gasteiger partial charge in [-0.25, -0.2) is 0 Å². The van der Waals surface area contributed by atoms with Gasteiger partial charge in [-0.05, 0) is 36.1 Å². The molecule has 2 amide bonds. The first kappa shape index (κ1) is 22.4. The van der Waals surface area contributed by atoms with E-state index in [-0.39, 0.29) is 24.3 Å². The van der Waals surface area contributed by atoms with E-state index in [1.807, 2.05) is 90.7 Å². The molecule has 1 aliphatic heterocycles. The van der Waals surface area contributed by atoms with Gasteiger partial charge in [0.25, 0.3) is 0 Å². The fraction of sp³-hybridized carbons (Fsp3) is 0.310. The lowest BCUT2D eigenvalue weighted by Gasteiger charge is -2.35. The Kier molecular flexibility index (Phi) is 6.20. The standard InChI is InChI=1S/C29H30N2O3/c1-2-30(18-22-11-5-3-6-12-22)27(32)19-31-26-16-10-9-15-24(26)25-17-29(25,28(31)33)21-34-20-23-13-7-4-8-14-23/h3-16,25H,2,17-21H2,1H3/t25-,29+/m0/s1. The maximum Gasteiger partial charge on any atom is 0.242 e. The van der Waals surface area contributed by atoms with Gasteiger partial charge in [0.05, 0.1) is 18.6 Å². The molecular formula is C29H30N2O3. The summed E-state index contributed by atoms with van der Waals surface area (Å²) in [6.45, 7) is 3.99.